The molecule has 0 unspecified atom stereocenters. The quantitative estimate of drug-likeness (QED) is 0.181. The van der Waals surface area contributed by atoms with Crippen LogP contribution in [0.15, 0.2) is 44.5 Å². The molecule has 0 saturated carbocycles. The molecule has 2 rings (SSSR count). The number of azo groups is 1. The average molecular weight is 338 g/mol. The minimum Gasteiger partial charge on any atom is -0.382 e. The van der Waals surface area contributed by atoms with Gasteiger partial charge in [-0.25, -0.2) is 0 Å². The third-order valence-corrected chi connectivity index (χ3v) is 3.73. The predicted molar refractivity (Wildman–Crippen MR) is 84.2 cm³/mol. The number of aromatic nitrogens is 2. The Morgan fingerprint density at radius 2 is 1.78 bits per heavy atom. The van der Waals surface area contributed by atoms with E-state index in [2.05, 4.69) is 25.5 Å². The summed E-state index contributed by atoms with van der Waals surface area (Å²) in [6, 6.07) is 5.47. The van der Waals surface area contributed by atoms with Crippen LogP contribution in [0.25, 0.3) is 0 Å². The standard InChI is InChI=1S/C10H14N10O2S/c11-8-7(9(12)18-17-8)16-15-5-1-3-6(4-2-5)23(21,22)20-19-10(13)14/h1-4,20H,(H4,13,14,19)(H5,11,12,17,18). The van der Waals surface area contributed by atoms with Crippen LogP contribution in [0.2, 0.25) is 0 Å². The highest BCUT2D eigenvalue weighted by Crippen LogP contribution is 2.28. The van der Waals surface area contributed by atoms with E-state index in [0.717, 1.165) is 0 Å². The van der Waals surface area contributed by atoms with E-state index in [9.17, 15) is 8.42 Å². The van der Waals surface area contributed by atoms with E-state index in [-0.39, 0.29) is 22.2 Å². The van der Waals surface area contributed by atoms with Crippen molar-refractivity contribution in [1.82, 2.24) is 15.0 Å². The molecule has 0 aliphatic rings. The Hall–Kier alpha value is -3.35. The number of benzene rings is 1. The highest BCUT2D eigenvalue weighted by molar-refractivity contribution is 7.89. The second-order valence-corrected chi connectivity index (χ2v) is 5.86. The zero-order valence-electron chi connectivity index (χ0n) is 11.6. The zero-order valence-corrected chi connectivity index (χ0v) is 12.4. The van der Waals surface area contributed by atoms with Crippen molar-refractivity contribution >= 4 is 39.0 Å². The van der Waals surface area contributed by atoms with E-state index < -0.39 is 16.0 Å². The third kappa shape index (κ3) is 3.85. The molecule has 0 spiro atoms. The maximum absolute atomic E-state index is 11.9. The van der Waals surface area contributed by atoms with Gasteiger partial charge in [-0.1, -0.05) is 0 Å². The molecule has 2 aromatic rings. The Balaban J connectivity index is 2.18. The van der Waals surface area contributed by atoms with E-state index in [1.165, 1.54) is 24.3 Å². The predicted octanol–water partition coefficient (Wildman–Crippen LogP) is -0.544. The minimum atomic E-state index is -3.87. The van der Waals surface area contributed by atoms with Crippen molar-refractivity contribution in [2.45, 2.75) is 4.90 Å². The van der Waals surface area contributed by atoms with Crippen LogP contribution in [0.4, 0.5) is 23.0 Å². The smallest absolute Gasteiger partial charge is 0.276 e. The molecule has 0 radical (unpaired) electrons. The molecule has 1 aromatic carbocycles. The number of guanidine groups is 1. The van der Waals surface area contributed by atoms with Crippen LogP contribution in [0.1, 0.15) is 0 Å². The Morgan fingerprint density at radius 1 is 1.13 bits per heavy atom. The summed E-state index contributed by atoms with van der Waals surface area (Å²) < 4.78 is 23.7. The normalized spacial score (nSPS) is 11.5. The van der Waals surface area contributed by atoms with Crippen LogP contribution >= 0.6 is 0 Å². The maximum atomic E-state index is 11.9. The summed E-state index contributed by atoms with van der Waals surface area (Å²) in [4.78, 5) is 1.82. The Bertz CT molecular complexity index is 829. The van der Waals surface area contributed by atoms with Gasteiger partial charge in [0.05, 0.1) is 10.6 Å². The first-order valence-electron chi connectivity index (χ1n) is 6.01. The van der Waals surface area contributed by atoms with Gasteiger partial charge in [-0.3, -0.25) is 5.10 Å². The van der Waals surface area contributed by atoms with Crippen molar-refractivity contribution in [3.05, 3.63) is 24.3 Å². The first-order valence-corrected chi connectivity index (χ1v) is 7.49. The van der Waals surface area contributed by atoms with Crippen LogP contribution < -0.4 is 27.8 Å². The van der Waals surface area contributed by atoms with Crippen LogP contribution in [-0.2, 0) is 10.0 Å². The number of nitrogens with two attached hydrogens (primary N) is 4. The molecule has 0 atom stereocenters. The van der Waals surface area contributed by atoms with E-state index >= 15 is 0 Å². The van der Waals surface area contributed by atoms with E-state index in [1.807, 2.05) is 4.83 Å². The van der Waals surface area contributed by atoms with E-state index in [1.54, 1.807) is 0 Å². The van der Waals surface area contributed by atoms with Crippen LogP contribution in [0.3, 0.4) is 0 Å². The lowest BCUT2D eigenvalue weighted by Crippen LogP contribution is -2.29. The fraction of sp³-hybridized carbons (Fsp3) is 0. The van der Waals surface area contributed by atoms with Gasteiger partial charge in [-0.15, -0.1) is 10.2 Å². The molecular weight excluding hydrogens is 324 g/mol. The number of hydrogen-bond donors (Lipinski definition) is 6. The molecule has 0 aliphatic heterocycles. The number of hydrazone groups is 1. The van der Waals surface area contributed by atoms with Crippen molar-refractivity contribution < 1.29 is 8.42 Å². The average Bonchev–Trinajstić information content (AvgIpc) is 2.82. The fourth-order valence-corrected chi connectivity index (χ4v) is 2.26. The summed E-state index contributed by atoms with van der Waals surface area (Å²) in [6.45, 7) is 0. The van der Waals surface area contributed by atoms with Crippen LogP contribution in [0.5, 0.6) is 0 Å². The maximum Gasteiger partial charge on any atom is 0.276 e. The van der Waals surface area contributed by atoms with Crippen molar-refractivity contribution in [2.75, 3.05) is 11.5 Å². The molecule has 1 heterocycles. The number of anilines is 2. The molecule has 0 saturated heterocycles. The van der Waals surface area contributed by atoms with Gasteiger partial charge in [-0.2, -0.15) is 23.5 Å². The SMILES string of the molecule is NC(N)=NNS(=O)(=O)c1ccc(N=Nc2c(N)n[nH]c2N)cc1. The summed E-state index contributed by atoms with van der Waals surface area (Å²) in [5.41, 5.74) is 21.8. The topological polar surface area (TPSA) is 216 Å². The van der Waals surface area contributed by atoms with E-state index in [4.69, 9.17) is 22.9 Å². The van der Waals surface area contributed by atoms with Crippen molar-refractivity contribution in [2.24, 2.45) is 26.8 Å². The monoisotopic (exact) mass is 338 g/mol. The first kappa shape index (κ1) is 16.0. The number of nitrogens with one attached hydrogen (secondary N) is 2. The number of aromatic amines is 1. The second-order valence-electron chi connectivity index (χ2n) is 4.20. The molecule has 1 aromatic heterocycles. The number of nitrogens with zero attached hydrogens (tertiary/aromatic N) is 4. The summed E-state index contributed by atoms with van der Waals surface area (Å²) in [5.74, 6) is -0.131. The van der Waals surface area contributed by atoms with Gasteiger partial charge >= 0.3 is 0 Å². The van der Waals surface area contributed by atoms with Gasteiger partial charge in [-0.05, 0) is 24.3 Å². The zero-order chi connectivity index (χ0) is 17.0. The number of H-pyrrole nitrogens is 1. The minimum absolute atomic E-state index is 0.0520. The second kappa shape index (κ2) is 6.18. The van der Waals surface area contributed by atoms with Gasteiger partial charge in [0.1, 0.15) is 5.82 Å². The molecule has 12 nitrogen and oxygen atoms in total. The van der Waals surface area contributed by atoms with Gasteiger partial charge < -0.3 is 22.9 Å². The molecular formula is C10H14N10O2S. The fourth-order valence-electron chi connectivity index (χ4n) is 1.43. The Kier molecular flexibility index (Phi) is 4.31. The lowest BCUT2D eigenvalue weighted by atomic mass is 10.3. The molecule has 23 heavy (non-hydrogen) atoms. The first-order chi connectivity index (χ1) is 10.8. The van der Waals surface area contributed by atoms with Crippen molar-refractivity contribution in [1.29, 1.82) is 0 Å². The van der Waals surface area contributed by atoms with Crippen molar-refractivity contribution in [3.8, 4) is 0 Å². The van der Waals surface area contributed by atoms with E-state index in [0.29, 0.717) is 5.69 Å². The van der Waals surface area contributed by atoms with Gasteiger partial charge in [0.2, 0.25) is 5.96 Å². The molecule has 0 amide bonds. The van der Waals surface area contributed by atoms with Gasteiger partial charge in [0.15, 0.2) is 11.5 Å². The largest absolute Gasteiger partial charge is 0.382 e. The summed E-state index contributed by atoms with van der Waals surface area (Å²) >= 11 is 0. The number of sulfonamides is 1. The number of nitrogen functional groups attached to an aromatic ring is 2. The molecule has 13 heteroatoms. The molecule has 10 N–H and O–H groups in total. The molecule has 0 bridgehead atoms. The lowest BCUT2D eigenvalue weighted by Gasteiger charge is -2.03. The van der Waals surface area contributed by atoms with Gasteiger partial charge in [0, 0.05) is 0 Å². The van der Waals surface area contributed by atoms with Crippen LogP contribution in [-0.4, -0.2) is 24.6 Å². The van der Waals surface area contributed by atoms with Crippen molar-refractivity contribution in [3.63, 3.8) is 0 Å². The highest BCUT2D eigenvalue weighted by Gasteiger charge is 2.13. The number of hydrogen-bond acceptors (Lipinski definition) is 8. The lowest BCUT2D eigenvalue weighted by molar-refractivity contribution is 0.584. The number of rotatable bonds is 5. The third-order valence-electron chi connectivity index (χ3n) is 2.50. The molecule has 122 valence electrons. The molecule has 0 aliphatic carbocycles. The molecule has 0 fully saturated rings. The Morgan fingerprint density at radius 3 is 2.30 bits per heavy atom. The Labute approximate surface area is 130 Å². The van der Waals surface area contributed by atoms with Gasteiger partial charge in [0.25, 0.3) is 10.0 Å². The summed E-state index contributed by atoms with van der Waals surface area (Å²) in [6.07, 6.45) is 0. The summed E-state index contributed by atoms with van der Waals surface area (Å²) in [7, 11) is -3.87. The summed E-state index contributed by atoms with van der Waals surface area (Å²) in [5, 5.41) is 17.1. The van der Waals surface area contributed by atoms with Crippen LogP contribution in [0, 0.1) is 0 Å². The highest BCUT2D eigenvalue weighted by atomic mass is 32.2.